The van der Waals surface area contributed by atoms with Crippen molar-refractivity contribution in [3.05, 3.63) is 22.6 Å². The Morgan fingerprint density at radius 2 is 2.18 bits per heavy atom. The van der Waals surface area contributed by atoms with E-state index >= 15 is 0 Å². The number of nitrogens with one attached hydrogen (secondary N) is 1. The van der Waals surface area contributed by atoms with Crippen LogP contribution in [0.3, 0.4) is 0 Å². The zero-order valence-corrected chi connectivity index (χ0v) is 17.6. The van der Waals surface area contributed by atoms with Crippen molar-refractivity contribution in [2.45, 2.75) is 69.4 Å². The van der Waals surface area contributed by atoms with Crippen LogP contribution >= 0.6 is 11.8 Å². The zero-order chi connectivity index (χ0) is 20.7. The van der Waals surface area contributed by atoms with Crippen LogP contribution in [0.25, 0.3) is 11.0 Å². The average molecular weight is 407 g/mol. The summed E-state index contributed by atoms with van der Waals surface area (Å²) in [7, 11) is 0. The van der Waals surface area contributed by atoms with E-state index in [0.717, 1.165) is 6.42 Å². The first-order chi connectivity index (χ1) is 13.0. The Hall–Kier alpha value is -2.13. The number of nitrogens with zero attached hydrogens (tertiary/aromatic N) is 3. The molecule has 1 fully saturated rings. The van der Waals surface area contributed by atoms with Gasteiger partial charge < -0.3 is 9.84 Å². The highest BCUT2D eigenvalue weighted by molar-refractivity contribution is 7.98. The van der Waals surface area contributed by atoms with E-state index in [1.807, 2.05) is 6.26 Å². The quantitative estimate of drug-likeness (QED) is 0.595. The number of aliphatic hydroxyl groups is 1. The third-order valence-corrected chi connectivity index (χ3v) is 5.32. The summed E-state index contributed by atoms with van der Waals surface area (Å²) in [5.74, 6) is 0. The summed E-state index contributed by atoms with van der Waals surface area (Å²) in [5, 5.41) is 14.5. The molecule has 9 heteroatoms. The van der Waals surface area contributed by atoms with Gasteiger partial charge in [0.1, 0.15) is 16.9 Å². The van der Waals surface area contributed by atoms with Crippen molar-refractivity contribution in [2.75, 3.05) is 11.6 Å². The second-order valence-corrected chi connectivity index (χ2v) is 9.03. The summed E-state index contributed by atoms with van der Waals surface area (Å²) in [6.07, 6.45) is 4.81. The van der Waals surface area contributed by atoms with Crippen LogP contribution < -0.4 is 10.9 Å². The highest BCUT2D eigenvalue weighted by Gasteiger charge is 2.40. The second kappa shape index (κ2) is 7.36. The second-order valence-electron chi connectivity index (χ2n) is 8.26. The lowest BCUT2D eigenvalue weighted by atomic mass is 10.00. The van der Waals surface area contributed by atoms with Crippen molar-refractivity contribution < 1.29 is 14.6 Å². The van der Waals surface area contributed by atoms with E-state index in [1.165, 1.54) is 16.3 Å². The molecule has 152 valence electrons. The Balaban J connectivity index is 2.16. The van der Waals surface area contributed by atoms with Crippen molar-refractivity contribution in [3.8, 4) is 0 Å². The van der Waals surface area contributed by atoms with Gasteiger partial charge >= 0.3 is 6.09 Å². The van der Waals surface area contributed by atoms with Crippen molar-refractivity contribution in [2.24, 2.45) is 0 Å². The molecular formula is C19H26N4O4S. The molecule has 0 bridgehead atoms. The normalized spacial score (nSPS) is 22.4. The Morgan fingerprint density at radius 1 is 1.46 bits per heavy atom. The Kier molecular flexibility index (Phi) is 5.42. The number of rotatable bonds is 3. The van der Waals surface area contributed by atoms with Gasteiger partial charge in [0, 0.05) is 11.6 Å². The largest absolute Gasteiger partial charge is 0.444 e. The molecule has 28 heavy (non-hydrogen) atoms. The molecule has 0 aliphatic heterocycles. The third kappa shape index (κ3) is 4.15. The first-order valence-corrected chi connectivity index (χ1v) is 10.4. The molecule has 0 spiro atoms. The molecule has 1 saturated carbocycles. The molecule has 1 amide bonds. The van der Waals surface area contributed by atoms with Gasteiger partial charge in [-0.05, 0) is 59.3 Å². The molecule has 0 unspecified atom stereocenters. The first-order valence-electron chi connectivity index (χ1n) is 9.20. The standard InChI is InChI=1S/C19H26N4O4S/c1-18(2,3)27-17(25)21-12-9-11-10-20-16(28-5)22-14(11)23(15(12)24)13-7-6-8-19(13,4)26/h9-10,13,26H,6-8H2,1-5H3,(H,21,25)/t13-,19-/m1/s1. The monoisotopic (exact) mass is 406 g/mol. The molecule has 2 N–H and O–H groups in total. The molecule has 8 nitrogen and oxygen atoms in total. The molecule has 1 aliphatic rings. The van der Waals surface area contributed by atoms with Crippen molar-refractivity contribution >= 4 is 34.6 Å². The summed E-state index contributed by atoms with van der Waals surface area (Å²) >= 11 is 1.37. The van der Waals surface area contributed by atoms with E-state index in [2.05, 4.69) is 15.3 Å². The Morgan fingerprint density at radius 3 is 2.75 bits per heavy atom. The number of ether oxygens (including phenoxy) is 1. The van der Waals surface area contributed by atoms with Gasteiger partial charge in [0.15, 0.2) is 5.16 Å². The minimum absolute atomic E-state index is 0.0740. The lowest BCUT2D eigenvalue weighted by Gasteiger charge is -2.28. The van der Waals surface area contributed by atoms with E-state index in [4.69, 9.17) is 4.74 Å². The maximum atomic E-state index is 13.3. The summed E-state index contributed by atoms with van der Waals surface area (Å²) in [6.45, 7) is 6.98. The lowest BCUT2D eigenvalue weighted by Crippen LogP contribution is -2.39. The van der Waals surface area contributed by atoms with Crippen LogP contribution in [0.1, 0.15) is 53.0 Å². The molecular weight excluding hydrogens is 380 g/mol. The van der Waals surface area contributed by atoms with Gasteiger partial charge in [-0.3, -0.25) is 14.7 Å². The summed E-state index contributed by atoms with van der Waals surface area (Å²) in [6, 6.07) is 1.11. The molecule has 0 aromatic carbocycles. The number of amides is 1. The molecule has 2 heterocycles. The highest BCUT2D eigenvalue weighted by Crippen LogP contribution is 2.39. The molecule has 0 radical (unpaired) electrons. The molecule has 2 atom stereocenters. The number of thioether (sulfide) groups is 1. The number of hydrogen-bond acceptors (Lipinski definition) is 7. The van der Waals surface area contributed by atoms with Crippen LogP contribution in [-0.4, -0.2) is 43.2 Å². The Labute approximate surface area is 167 Å². The van der Waals surface area contributed by atoms with Gasteiger partial charge in [0.25, 0.3) is 5.56 Å². The summed E-state index contributed by atoms with van der Waals surface area (Å²) in [4.78, 5) is 34.3. The van der Waals surface area contributed by atoms with Crippen LogP contribution in [0.2, 0.25) is 0 Å². The van der Waals surface area contributed by atoms with Gasteiger partial charge in [0.2, 0.25) is 0 Å². The van der Waals surface area contributed by atoms with Gasteiger partial charge in [-0.1, -0.05) is 11.8 Å². The average Bonchev–Trinajstić information content (AvgIpc) is 2.92. The molecule has 0 saturated heterocycles. The smallest absolute Gasteiger partial charge is 0.412 e. The number of carbonyl (C=O) groups excluding carboxylic acids is 1. The number of pyridine rings is 1. The third-order valence-electron chi connectivity index (χ3n) is 4.76. The highest BCUT2D eigenvalue weighted by atomic mass is 32.2. The van der Waals surface area contributed by atoms with Crippen molar-refractivity contribution in [1.82, 2.24) is 14.5 Å². The number of anilines is 1. The lowest BCUT2D eigenvalue weighted by molar-refractivity contribution is 0.0267. The molecule has 2 aromatic heterocycles. The Bertz CT molecular complexity index is 965. The summed E-state index contributed by atoms with van der Waals surface area (Å²) in [5.41, 5.74) is -1.62. The molecule has 2 aromatic rings. The molecule has 1 aliphatic carbocycles. The maximum Gasteiger partial charge on any atom is 0.412 e. The van der Waals surface area contributed by atoms with Gasteiger partial charge in [-0.2, -0.15) is 0 Å². The van der Waals surface area contributed by atoms with Gasteiger partial charge in [0.05, 0.1) is 11.6 Å². The van der Waals surface area contributed by atoms with Gasteiger partial charge in [-0.25, -0.2) is 14.8 Å². The predicted octanol–water partition coefficient (Wildman–Crippen LogP) is 3.34. The maximum absolute atomic E-state index is 13.3. The first kappa shape index (κ1) is 20.6. The zero-order valence-electron chi connectivity index (χ0n) is 16.8. The molecule has 3 rings (SSSR count). The van der Waals surface area contributed by atoms with E-state index in [-0.39, 0.29) is 5.69 Å². The van der Waals surface area contributed by atoms with Crippen LogP contribution in [0.5, 0.6) is 0 Å². The SMILES string of the molecule is CSc1ncc2cc(NC(=O)OC(C)(C)C)c(=O)n([C@@H]3CCC[C@@]3(C)O)c2n1. The van der Waals surface area contributed by atoms with Crippen molar-refractivity contribution in [1.29, 1.82) is 0 Å². The number of hydrogen-bond donors (Lipinski definition) is 2. The number of aromatic nitrogens is 3. The topological polar surface area (TPSA) is 106 Å². The minimum atomic E-state index is -1.04. The fourth-order valence-electron chi connectivity index (χ4n) is 3.53. The predicted molar refractivity (Wildman–Crippen MR) is 109 cm³/mol. The fourth-order valence-corrected chi connectivity index (χ4v) is 3.87. The van der Waals surface area contributed by atoms with E-state index < -0.39 is 28.9 Å². The summed E-state index contributed by atoms with van der Waals surface area (Å²) < 4.78 is 6.77. The number of carbonyl (C=O) groups is 1. The van der Waals surface area contributed by atoms with Crippen LogP contribution in [0.15, 0.2) is 22.2 Å². The number of fused-ring (bicyclic) bond motifs is 1. The van der Waals surface area contributed by atoms with Crippen LogP contribution in [-0.2, 0) is 4.74 Å². The van der Waals surface area contributed by atoms with Crippen LogP contribution in [0.4, 0.5) is 10.5 Å². The van der Waals surface area contributed by atoms with E-state index in [0.29, 0.717) is 29.0 Å². The van der Waals surface area contributed by atoms with E-state index in [1.54, 1.807) is 40.0 Å². The van der Waals surface area contributed by atoms with Crippen molar-refractivity contribution in [3.63, 3.8) is 0 Å². The van der Waals surface area contributed by atoms with Gasteiger partial charge in [-0.15, -0.1) is 0 Å². The minimum Gasteiger partial charge on any atom is -0.444 e. The fraction of sp³-hybridized carbons (Fsp3) is 0.579. The van der Waals surface area contributed by atoms with E-state index in [9.17, 15) is 14.7 Å². The van der Waals surface area contributed by atoms with Crippen LogP contribution in [0, 0.1) is 0 Å².